The van der Waals surface area contributed by atoms with E-state index in [2.05, 4.69) is 15.6 Å². The van der Waals surface area contributed by atoms with Gasteiger partial charge in [0, 0.05) is 35.5 Å². The molecule has 2 N–H and O–H groups in total. The summed E-state index contributed by atoms with van der Waals surface area (Å²) in [6.45, 7) is 2.36. The maximum Gasteiger partial charge on any atom is 0.286 e. The first-order chi connectivity index (χ1) is 13.5. The molecule has 0 aliphatic heterocycles. The zero-order valence-electron chi connectivity index (χ0n) is 15.3. The second-order valence-electron chi connectivity index (χ2n) is 6.28. The molecule has 0 fully saturated rings. The van der Waals surface area contributed by atoms with Gasteiger partial charge in [-0.1, -0.05) is 23.7 Å². The fourth-order valence-electron chi connectivity index (χ4n) is 2.52. The van der Waals surface area contributed by atoms with Gasteiger partial charge < -0.3 is 15.1 Å². The molecule has 2 aromatic heterocycles. The predicted octanol–water partition coefficient (Wildman–Crippen LogP) is 4.44. The first-order valence-electron chi connectivity index (χ1n) is 8.82. The van der Waals surface area contributed by atoms with Gasteiger partial charge >= 0.3 is 0 Å². The quantitative estimate of drug-likeness (QED) is 0.531. The number of aromatic nitrogens is 1. The Labute approximate surface area is 171 Å². The van der Waals surface area contributed by atoms with Gasteiger partial charge in [0.05, 0.1) is 6.26 Å². The van der Waals surface area contributed by atoms with Crippen molar-refractivity contribution in [2.24, 2.45) is 0 Å². The SMILES string of the molecule is Cc1ccc(Cc2cnc(NC(=O)CCCNC(=O)c3ccco3)s2)cc1Cl. The Kier molecular flexibility index (Phi) is 6.84. The summed E-state index contributed by atoms with van der Waals surface area (Å²) in [5.74, 6) is -0.160. The molecular formula is C20H20ClN3O3S. The summed E-state index contributed by atoms with van der Waals surface area (Å²) in [6, 6.07) is 9.22. The fraction of sp³-hybridized carbons (Fsp3) is 0.250. The van der Waals surface area contributed by atoms with Crippen molar-refractivity contribution in [3.8, 4) is 0 Å². The van der Waals surface area contributed by atoms with Crippen LogP contribution in [-0.2, 0) is 11.2 Å². The standard InChI is InChI=1S/C20H20ClN3O3S/c1-13-6-7-14(11-16(13)21)10-15-12-23-20(28-15)24-18(25)5-2-8-22-19(26)17-4-3-9-27-17/h3-4,6-7,9,11-12H,2,5,8,10H2,1H3,(H,22,26)(H,23,24,25). The van der Waals surface area contributed by atoms with E-state index in [0.29, 0.717) is 30.9 Å². The van der Waals surface area contributed by atoms with Crippen molar-refractivity contribution in [3.05, 3.63) is 69.6 Å². The predicted molar refractivity (Wildman–Crippen MR) is 110 cm³/mol. The summed E-state index contributed by atoms with van der Waals surface area (Å²) in [6.07, 6.45) is 4.74. The van der Waals surface area contributed by atoms with Crippen molar-refractivity contribution in [3.63, 3.8) is 0 Å². The number of benzene rings is 1. The number of hydrogen-bond acceptors (Lipinski definition) is 5. The molecule has 6 nitrogen and oxygen atoms in total. The van der Waals surface area contributed by atoms with Crippen molar-refractivity contribution in [1.29, 1.82) is 0 Å². The van der Waals surface area contributed by atoms with E-state index in [0.717, 1.165) is 21.0 Å². The van der Waals surface area contributed by atoms with E-state index < -0.39 is 0 Å². The van der Waals surface area contributed by atoms with Crippen molar-refractivity contribution in [1.82, 2.24) is 10.3 Å². The molecule has 0 aliphatic carbocycles. The summed E-state index contributed by atoms with van der Waals surface area (Å²) in [5, 5.41) is 6.82. The molecule has 146 valence electrons. The minimum Gasteiger partial charge on any atom is -0.459 e. The lowest BCUT2D eigenvalue weighted by Gasteiger charge is -2.04. The van der Waals surface area contributed by atoms with Crippen molar-refractivity contribution < 1.29 is 14.0 Å². The lowest BCUT2D eigenvalue weighted by Crippen LogP contribution is -2.25. The Balaban J connectivity index is 1.41. The van der Waals surface area contributed by atoms with E-state index in [4.69, 9.17) is 16.0 Å². The third-order valence-electron chi connectivity index (χ3n) is 4.03. The average Bonchev–Trinajstić information content (AvgIpc) is 3.34. The molecule has 0 atom stereocenters. The Morgan fingerprint density at radius 3 is 2.89 bits per heavy atom. The minimum absolute atomic E-state index is 0.133. The zero-order chi connectivity index (χ0) is 19.9. The summed E-state index contributed by atoms with van der Waals surface area (Å²) >= 11 is 7.60. The monoisotopic (exact) mass is 417 g/mol. The number of halogens is 1. The Hall–Kier alpha value is -2.64. The largest absolute Gasteiger partial charge is 0.459 e. The summed E-state index contributed by atoms with van der Waals surface area (Å²) in [5.41, 5.74) is 2.15. The third-order valence-corrected chi connectivity index (χ3v) is 5.35. The third kappa shape index (κ3) is 5.68. The first-order valence-corrected chi connectivity index (χ1v) is 10.0. The highest BCUT2D eigenvalue weighted by Gasteiger charge is 2.10. The van der Waals surface area contributed by atoms with Gasteiger partial charge in [0.2, 0.25) is 5.91 Å². The van der Waals surface area contributed by atoms with Crippen LogP contribution in [0.1, 0.15) is 39.4 Å². The van der Waals surface area contributed by atoms with E-state index >= 15 is 0 Å². The molecule has 0 unspecified atom stereocenters. The van der Waals surface area contributed by atoms with Gasteiger partial charge in [0.25, 0.3) is 5.91 Å². The van der Waals surface area contributed by atoms with Crippen LogP contribution >= 0.6 is 22.9 Å². The zero-order valence-corrected chi connectivity index (χ0v) is 16.9. The Bertz CT molecular complexity index is 954. The number of furan rings is 1. The van der Waals surface area contributed by atoms with Crippen LogP contribution in [0.4, 0.5) is 5.13 Å². The van der Waals surface area contributed by atoms with E-state index in [-0.39, 0.29) is 17.6 Å². The average molecular weight is 418 g/mol. The van der Waals surface area contributed by atoms with E-state index in [1.54, 1.807) is 18.3 Å². The molecule has 0 aliphatic rings. The maximum atomic E-state index is 12.0. The summed E-state index contributed by atoms with van der Waals surface area (Å²) in [4.78, 5) is 29.1. The molecule has 1 aromatic carbocycles. The van der Waals surface area contributed by atoms with Gasteiger partial charge in [0.15, 0.2) is 10.9 Å². The molecule has 2 amide bonds. The molecule has 0 radical (unpaired) electrons. The number of anilines is 1. The molecule has 0 saturated carbocycles. The summed E-state index contributed by atoms with van der Waals surface area (Å²) < 4.78 is 5.00. The Morgan fingerprint density at radius 2 is 2.14 bits per heavy atom. The number of nitrogens with one attached hydrogen (secondary N) is 2. The van der Waals surface area contributed by atoms with Crippen LogP contribution in [0.25, 0.3) is 0 Å². The molecule has 0 saturated heterocycles. The van der Waals surface area contributed by atoms with Gasteiger partial charge in [-0.25, -0.2) is 4.98 Å². The van der Waals surface area contributed by atoms with Gasteiger partial charge in [-0.2, -0.15) is 0 Å². The van der Waals surface area contributed by atoms with Gasteiger partial charge in [-0.15, -0.1) is 11.3 Å². The number of aryl methyl sites for hydroxylation is 1. The number of nitrogens with zero attached hydrogens (tertiary/aromatic N) is 1. The molecule has 2 heterocycles. The smallest absolute Gasteiger partial charge is 0.286 e. The fourth-order valence-corrected chi connectivity index (χ4v) is 3.59. The number of amides is 2. The normalized spacial score (nSPS) is 10.6. The van der Waals surface area contributed by atoms with Gasteiger partial charge in [-0.05, 0) is 42.7 Å². The van der Waals surface area contributed by atoms with Crippen LogP contribution < -0.4 is 10.6 Å². The molecule has 0 spiro atoms. The highest BCUT2D eigenvalue weighted by Crippen LogP contribution is 2.24. The van der Waals surface area contributed by atoms with Crippen LogP contribution in [0.2, 0.25) is 5.02 Å². The summed E-state index contributed by atoms with van der Waals surface area (Å²) in [7, 11) is 0. The Morgan fingerprint density at radius 1 is 1.29 bits per heavy atom. The molecule has 8 heteroatoms. The van der Waals surface area contributed by atoms with E-state index in [9.17, 15) is 9.59 Å². The van der Waals surface area contributed by atoms with Crippen LogP contribution in [0.3, 0.4) is 0 Å². The first kappa shape index (κ1) is 20.1. The second kappa shape index (κ2) is 9.52. The number of thiazole rings is 1. The van der Waals surface area contributed by atoms with Crippen molar-refractivity contribution in [2.45, 2.75) is 26.2 Å². The van der Waals surface area contributed by atoms with Crippen LogP contribution in [-0.4, -0.2) is 23.3 Å². The second-order valence-corrected chi connectivity index (χ2v) is 7.80. The lowest BCUT2D eigenvalue weighted by atomic mass is 10.1. The molecule has 3 aromatic rings. The van der Waals surface area contributed by atoms with Crippen LogP contribution in [0, 0.1) is 6.92 Å². The van der Waals surface area contributed by atoms with Crippen molar-refractivity contribution in [2.75, 3.05) is 11.9 Å². The molecule has 3 rings (SSSR count). The number of hydrogen-bond donors (Lipinski definition) is 2. The minimum atomic E-state index is -0.286. The van der Waals surface area contributed by atoms with Gasteiger partial charge in [0.1, 0.15) is 0 Å². The lowest BCUT2D eigenvalue weighted by molar-refractivity contribution is -0.116. The van der Waals surface area contributed by atoms with Crippen LogP contribution in [0.15, 0.2) is 47.2 Å². The van der Waals surface area contributed by atoms with Crippen molar-refractivity contribution >= 4 is 39.9 Å². The van der Waals surface area contributed by atoms with Crippen LogP contribution in [0.5, 0.6) is 0 Å². The number of carbonyl (C=O) groups excluding carboxylic acids is 2. The highest BCUT2D eigenvalue weighted by atomic mass is 35.5. The number of carbonyl (C=O) groups is 2. The molecule has 28 heavy (non-hydrogen) atoms. The topological polar surface area (TPSA) is 84.2 Å². The van der Waals surface area contributed by atoms with E-state index in [1.807, 2.05) is 25.1 Å². The molecular weight excluding hydrogens is 398 g/mol. The van der Waals surface area contributed by atoms with Gasteiger partial charge in [-0.3, -0.25) is 9.59 Å². The number of rotatable bonds is 8. The maximum absolute atomic E-state index is 12.0. The molecule has 0 bridgehead atoms. The highest BCUT2D eigenvalue weighted by molar-refractivity contribution is 7.15. The van der Waals surface area contributed by atoms with E-state index in [1.165, 1.54) is 17.6 Å².